The summed E-state index contributed by atoms with van der Waals surface area (Å²) in [6.07, 6.45) is 5.49. The zero-order chi connectivity index (χ0) is 22.3. The summed E-state index contributed by atoms with van der Waals surface area (Å²) < 4.78 is 0. The molecule has 0 spiro atoms. The number of carbonyl (C=O) groups excluding carboxylic acids is 3. The highest BCUT2D eigenvalue weighted by Gasteiger charge is 2.61. The number of aliphatic carboxylic acids is 1. The summed E-state index contributed by atoms with van der Waals surface area (Å²) in [5, 5.41) is 15.1. The number of carbonyl (C=O) groups is 4. The van der Waals surface area contributed by atoms with E-state index in [-0.39, 0.29) is 17.7 Å². The Balaban J connectivity index is 1.71. The van der Waals surface area contributed by atoms with Crippen molar-refractivity contribution >= 4 is 23.7 Å². The lowest BCUT2D eigenvalue weighted by Gasteiger charge is -2.35. The zero-order valence-corrected chi connectivity index (χ0v) is 18.1. The standard InChI is InChI=1S/C22H33N3O5/c1-5-14-12-22(14,20(29)30)24-18(27)15-7-6-10-25(15)19(28)17(21(2,3)4)23-16(26)11-13-8-9-13/h5,13-15,17H,1,6-12H2,2-4H3,(H,23,26)(H,24,27)(H,29,30)/t14?,15-,17+,22?/m0/s1. The lowest BCUT2D eigenvalue weighted by atomic mass is 9.85. The van der Waals surface area contributed by atoms with Crippen LogP contribution < -0.4 is 10.6 Å². The first-order valence-electron chi connectivity index (χ1n) is 10.8. The quantitative estimate of drug-likeness (QED) is 0.515. The van der Waals surface area contributed by atoms with Crippen LogP contribution in [0.4, 0.5) is 0 Å². The molecule has 2 unspecified atom stereocenters. The average Bonchev–Trinajstić information content (AvgIpc) is 3.54. The van der Waals surface area contributed by atoms with E-state index in [9.17, 15) is 24.3 Å². The van der Waals surface area contributed by atoms with E-state index in [1.165, 1.54) is 11.0 Å². The second-order valence-corrected chi connectivity index (χ2v) is 10.0. The van der Waals surface area contributed by atoms with Gasteiger partial charge in [-0.15, -0.1) is 6.58 Å². The fourth-order valence-electron chi connectivity index (χ4n) is 4.24. The summed E-state index contributed by atoms with van der Waals surface area (Å²) in [7, 11) is 0. The van der Waals surface area contributed by atoms with Crippen LogP contribution in [0.3, 0.4) is 0 Å². The highest BCUT2D eigenvalue weighted by atomic mass is 16.4. The van der Waals surface area contributed by atoms with Crippen LogP contribution in [0.2, 0.25) is 0 Å². The summed E-state index contributed by atoms with van der Waals surface area (Å²) in [6, 6.07) is -1.47. The molecule has 3 amide bonds. The smallest absolute Gasteiger partial charge is 0.330 e. The average molecular weight is 420 g/mol. The largest absolute Gasteiger partial charge is 0.479 e. The van der Waals surface area contributed by atoms with Crippen molar-refractivity contribution < 1.29 is 24.3 Å². The highest BCUT2D eigenvalue weighted by Crippen LogP contribution is 2.45. The predicted molar refractivity (Wildman–Crippen MR) is 110 cm³/mol. The first-order valence-corrected chi connectivity index (χ1v) is 10.8. The van der Waals surface area contributed by atoms with Crippen LogP contribution in [0.1, 0.15) is 59.3 Å². The fourth-order valence-corrected chi connectivity index (χ4v) is 4.24. The highest BCUT2D eigenvalue weighted by molar-refractivity contribution is 5.96. The van der Waals surface area contributed by atoms with Crippen molar-refractivity contribution in [3.05, 3.63) is 12.7 Å². The minimum atomic E-state index is -1.32. The molecule has 8 heteroatoms. The Morgan fingerprint density at radius 2 is 1.90 bits per heavy atom. The summed E-state index contributed by atoms with van der Waals surface area (Å²) in [6.45, 7) is 9.70. The summed E-state index contributed by atoms with van der Waals surface area (Å²) >= 11 is 0. The van der Waals surface area contributed by atoms with E-state index in [4.69, 9.17) is 0 Å². The Labute approximate surface area is 177 Å². The van der Waals surface area contributed by atoms with Gasteiger partial charge in [-0.3, -0.25) is 14.4 Å². The van der Waals surface area contributed by atoms with Gasteiger partial charge in [0, 0.05) is 18.9 Å². The fraction of sp³-hybridized carbons (Fsp3) is 0.727. The molecule has 2 saturated carbocycles. The van der Waals surface area contributed by atoms with Gasteiger partial charge in [0.1, 0.15) is 17.6 Å². The molecule has 3 rings (SSSR count). The third kappa shape index (κ3) is 4.52. The number of hydrogen-bond donors (Lipinski definition) is 3. The molecule has 3 fully saturated rings. The second-order valence-electron chi connectivity index (χ2n) is 10.0. The Kier molecular flexibility index (Phi) is 5.98. The minimum Gasteiger partial charge on any atom is -0.479 e. The van der Waals surface area contributed by atoms with Crippen molar-refractivity contribution in [1.29, 1.82) is 0 Å². The van der Waals surface area contributed by atoms with Gasteiger partial charge in [-0.1, -0.05) is 26.8 Å². The monoisotopic (exact) mass is 419 g/mol. The molecule has 8 nitrogen and oxygen atoms in total. The Morgan fingerprint density at radius 3 is 2.40 bits per heavy atom. The first-order chi connectivity index (χ1) is 14.0. The van der Waals surface area contributed by atoms with Gasteiger partial charge in [0.2, 0.25) is 17.7 Å². The number of hydrogen-bond acceptors (Lipinski definition) is 4. The molecule has 1 heterocycles. The van der Waals surface area contributed by atoms with Gasteiger partial charge in [0.05, 0.1) is 0 Å². The predicted octanol–water partition coefficient (Wildman–Crippen LogP) is 1.45. The van der Waals surface area contributed by atoms with E-state index < -0.39 is 34.9 Å². The molecule has 166 valence electrons. The van der Waals surface area contributed by atoms with Crippen molar-refractivity contribution in [2.24, 2.45) is 17.3 Å². The van der Waals surface area contributed by atoms with E-state index >= 15 is 0 Å². The molecule has 1 saturated heterocycles. The van der Waals surface area contributed by atoms with Crippen LogP contribution >= 0.6 is 0 Å². The summed E-state index contributed by atoms with van der Waals surface area (Å²) in [5.41, 5.74) is -1.84. The van der Waals surface area contributed by atoms with Gasteiger partial charge < -0.3 is 20.6 Å². The van der Waals surface area contributed by atoms with E-state index in [2.05, 4.69) is 17.2 Å². The molecule has 0 radical (unpaired) electrons. The molecule has 0 aromatic heterocycles. The van der Waals surface area contributed by atoms with E-state index in [0.29, 0.717) is 38.1 Å². The molecule has 0 aromatic carbocycles. The van der Waals surface area contributed by atoms with Crippen molar-refractivity contribution in [2.45, 2.75) is 76.9 Å². The zero-order valence-electron chi connectivity index (χ0n) is 18.1. The molecule has 2 aliphatic carbocycles. The number of nitrogens with zero attached hydrogens (tertiary/aromatic N) is 1. The summed E-state index contributed by atoms with van der Waals surface area (Å²) in [4.78, 5) is 51.9. The van der Waals surface area contributed by atoms with Gasteiger partial charge in [-0.05, 0) is 43.4 Å². The molecule has 30 heavy (non-hydrogen) atoms. The Bertz CT molecular complexity index is 754. The second kappa shape index (κ2) is 8.04. The van der Waals surface area contributed by atoms with E-state index in [1.54, 1.807) is 0 Å². The van der Waals surface area contributed by atoms with Gasteiger partial charge >= 0.3 is 5.97 Å². The molecular weight excluding hydrogens is 386 g/mol. The van der Waals surface area contributed by atoms with Gasteiger partial charge in [0.25, 0.3) is 0 Å². The van der Waals surface area contributed by atoms with Gasteiger partial charge in [-0.2, -0.15) is 0 Å². The van der Waals surface area contributed by atoms with Crippen LogP contribution in [-0.2, 0) is 19.2 Å². The number of amides is 3. The SMILES string of the molecule is C=CC1CC1(NC(=O)[C@@H]1CCCN1C(=O)[C@@H](NC(=O)CC1CC1)C(C)(C)C)C(=O)O. The number of carboxylic acids is 1. The van der Waals surface area contributed by atoms with Crippen LogP contribution in [0.5, 0.6) is 0 Å². The topological polar surface area (TPSA) is 116 Å². The van der Waals surface area contributed by atoms with Crippen LogP contribution in [0.15, 0.2) is 12.7 Å². The molecule has 4 atom stereocenters. The van der Waals surface area contributed by atoms with Gasteiger partial charge in [0.15, 0.2) is 0 Å². The number of likely N-dealkylation sites (tertiary alicyclic amines) is 1. The third-order valence-corrected chi connectivity index (χ3v) is 6.45. The van der Waals surface area contributed by atoms with Crippen LogP contribution in [-0.4, -0.2) is 57.9 Å². The maximum atomic E-state index is 13.4. The molecule has 0 bridgehead atoms. The van der Waals surface area contributed by atoms with Crippen molar-refractivity contribution in [3.8, 4) is 0 Å². The number of nitrogens with one attached hydrogen (secondary N) is 2. The lowest BCUT2D eigenvalue weighted by Crippen LogP contribution is -2.59. The Morgan fingerprint density at radius 1 is 1.23 bits per heavy atom. The van der Waals surface area contributed by atoms with E-state index in [0.717, 1.165) is 12.8 Å². The van der Waals surface area contributed by atoms with Crippen LogP contribution in [0.25, 0.3) is 0 Å². The molecule has 3 N–H and O–H groups in total. The maximum Gasteiger partial charge on any atom is 0.330 e. The molecule has 1 aliphatic heterocycles. The number of rotatable bonds is 8. The normalized spacial score (nSPS) is 29.1. The number of carboxylic acid groups (broad SMARTS) is 1. The Hall–Kier alpha value is -2.38. The van der Waals surface area contributed by atoms with Crippen molar-refractivity contribution in [2.75, 3.05) is 6.54 Å². The molecular formula is C22H33N3O5. The lowest BCUT2D eigenvalue weighted by molar-refractivity contribution is -0.147. The van der Waals surface area contributed by atoms with E-state index in [1.807, 2.05) is 20.8 Å². The van der Waals surface area contributed by atoms with Crippen LogP contribution in [0, 0.1) is 17.3 Å². The minimum absolute atomic E-state index is 0.136. The molecule has 3 aliphatic rings. The van der Waals surface area contributed by atoms with Gasteiger partial charge in [-0.25, -0.2) is 4.79 Å². The molecule has 0 aromatic rings. The third-order valence-electron chi connectivity index (χ3n) is 6.45. The van der Waals surface area contributed by atoms with Crippen molar-refractivity contribution in [1.82, 2.24) is 15.5 Å². The first kappa shape index (κ1) is 22.3. The van der Waals surface area contributed by atoms with Crippen molar-refractivity contribution in [3.63, 3.8) is 0 Å². The maximum absolute atomic E-state index is 13.4. The summed E-state index contributed by atoms with van der Waals surface area (Å²) in [5.74, 6) is -1.86.